The quantitative estimate of drug-likeness (QED) is 0.764. The van der Waals surface area contributed by atoms with E-state index in [9.17, 15) is 0 Å². The zero-order valence-electron chi connectivity index (χ0n) is 8.20. The summed E-state index contributed by atoms with van der Waals surface area (Å²) in [6, 6.07) is 4.11. The fraction of sp³-hybridized carbons (Fsp3) is 0.364. The lowest BCUT2D eigenvalue weighted by molar-refractivity contribution is 0.370. The van der Waals surface area contributed by atoms with Crippen molar-refractivity contribution in [1.29, 1.82) is 0 Å². The molecule has 0 atom stereocenters. The number of likely N-dealkylation sites (N-methyl/N-ethyl adjacent to an activating group) is 1. The third-order valence-electron chi connectivity index (χ3n) is 2.47. The van der Waals surface area contributed by atoms with Gasteiger partial charge in [-0.3, -0.25) is 4.98 Å². The first kappa shape index (κ1) is 9.87. The highest BCUT2D eigenvalue weighted by Gasteiger charge is 2.09. The highest BCUT2D eigenvalue weighted by Crippen LogP contribution is 2.20. The van der Waals surface area contributed by atoms with Crippen molar-refractivity contribution < 1.29 is 0 Å². The summed E-state index contributed by atoms with van der Waals surface area (Å²) in [6.07, 6.45) is 5.22. The van der Waals surface area contributed by atoms with Crippen LogP contribution in [0.3, 0.4) is 0 Å². The Morgan fingerprint density at radius 3 is 2.86 bits per heavy atom. The number of hydrogen-bond acceptors (Lipinski definition) is 2. The lowest BCUT2D eigenvalue weighted by atomic mass is 10.0. The molecule has 2 rings (SSSR count). The molecule has 1 aromatic rings. The van der Waals surface area contributed by atoms with Gasteiger partial charge in [-0.2, -0.15) is 0 Å². The molecule has 0 fully saturated rings. The second-order valence-electron chi connectivity index (χ2n) is 3.60. The molecule has 0 amide bonds. The number of halogens is 1. The first-order valence-corrected chi connectivity index (χ1v) is 5.54. The van der Waals surface area contributed by atoms with E-state index < -0.39 is 0 Å². The molecule has 0 saturated carbocycles. The van der Waals surface area contributed by atoms with Gasteiger partial charge in [0.15, 0.2) is 0 Å². The molecule has 0 bridgehead atoms. The third kappa shape index (κ3) is 2.22. The monoisotopic (exact) mass is 252 g/mol. The van der Waals surface area contributed by atoms with Gasteiger partial charge in [0.05, 0.1) is 5.69 Å². The molecule has 0 spiro atoms. The summed E-state index contributed by atoms with van der Waals surface area (Å²) in [5.41, 5.74) is 2.48. The minimum Gasteiger partial charge on any atom is -0.302 e. The van der Waals surface area contributed by atoms with Gasteiger partial charge in [-0.05, 0) is 47.1 Å². The van der Waals surface area contributed by atoms with Crippen molar-refractivity contribution >= 4 is 21.5 Å². The van der Waals surface area contributed by atoms with E-state index in [1.807, 2.05) is 12.3 Å². The molecule has 74 valence electrons. The first-order valence-electron chi connectivity index (χ1n) is 4.75. The molecule has 0 saturated heterocycles. The second-order valence-corrected chi connectivity index (χ2v) is 4.52. The summed E-state index contributed by atoms with van der Waals surface area (Å²) in [4.78, 5) is 6.70. The van der Waals surface area contributed by atoms with Crippen molar-refractivity contribution in [1.82, 2.24) is 9.88 Å². The van der Waals surface area contributed by atoms with Crippen molar-refractivity contribution in [3.05, 3.63) is 34.6 Å². The number of pyridine rings is 1. The fourth-order valence-electron chi connectivity index (χ4n) is 1.57. The van der Waals surface area contributed by atoms with Gasteiger partial charge in [-0.15, -0.1) is 0 Å². The average molecular weight is 253 g/mol. The van der Waals surface area contributed by atoms with Crippen LogP contribution in [0.25, 0.3) is 5.57 Å². The minimum atomic E-state index is 1.03. The zero-order chi connectivity index (χ0) is 9.97. The Bertz CT molecular complexity index is 343. The fourth-order valence-corrected chi connectivity index (χ4v) is 1.80. The van der Waals surface area contributed by atoms with E-state index in [4.69, 9.17) is 0 Å². The topological polar surface area (TPSA) is 16.1 Å². The number of rotatable bonds is 1. The van der Waals surface area contributed by atoms with Gasteiger partial charge in [-0.1, -0.05) is 6.08 Å². The van der Waals surface area contributed by atoms with Crippen LogP contribution in [-0.2, 0) is 0 Å². The van der Waals surface area contributed by atoms with E-state index in [0.29, 0.717) is 0 Å². The number of hydrogen-bond donors (Lipinski definition) is 0. The zero-order valence-corrected chi connectivity index (χ0v) is 9.79. The Labute approximate surface area is 92.8 Å². The van der Waals surface area contributed by atoms with Gasteiger partial charge in [-0.25, -0.2) is 0 Å². The van der Waals surface area contributed by atoms with Crippen LogP contribution in [0, 0.1) is 0 Å². The largest absolute Gasteiger partial charge is 0.302 e. The molecule has 1 aliphatic rings. The molecule has 0 radical (unpaired) electrons. The summed E-state index contributed by atoms with van der Waals surface area (Å²) in [7, 11) is 2.14. The molecule has 14 heavy (non-hydrogen) atoms. The van der Waals surface area contributed by atoms with Crippen molar-refractivity contribution in [3.8, 4) is 0 Å². The van der Waals surface area contributed by atoms with Gasteiger partial charge in [0.1, 0.15) is 0 Å². The molecule has 1 aliphatic heterocycles. The van der Waals surface area contributed by atoms with Crippen LogP contribution in [0.1, 0.15) is 12.1 Å². The van der Waals surface area contributed by atoms with E-state index in [1.165, 1.54) is 5.57 Å². The highest BCUT2D eigenvalue weighted by atomic mass is 79.9. The number of aromatic nitrogens is 1. The Kier molecular flexibility index (Phi) is 2.99. The van der Waals surface area contributed by atoms with Gasteiger partial charge < -0.3 is 4.90 Å². The smallest absolute Gasteiger partial charge is 0.0660 e. The summed E-state index contributed by atoms with van der Waals surface area (Å²) in [5.74, 6) is 0. The van der Waals surface area contributed by atoms with Gasteiger partial charge in [0.2, 0.25) is 0 Å². The maximum absolute atomic E-state index is 4.39. The Morgan fingerprint density at radius 1 is 1.43 bits per heavy atom. The molecule has 0 aliphatic carbocycles. The van der Waals surface area contributed by atoms with Crippen molar-refractivity contribution in [2.24, 2.45) is 0 Å². The lowest BCUT2D eigenvalue weighted by Gasteiger charge is -2.21. The lowest BCUT2D eigenvalue weighted by Crippen LogP contribution is -2.23. The van der Waals surface area contributed by atoms with Crippen LogP contribution in [0.5, 0.6) is 0 Å². The average Bonchev–Trinajstić information content (AvgIpc) is 2.21. The molecular formula is C11H13BrN2. The molecule has 0 aromatic carbocycles. The molecule has 0 unspecified atom stereocenters. The summed E-state index contributed by atoms with van der Waals surface area (Å²) in [6.45, 7) is 2.16. The number of nitrogens with zero attached hydrogens (tertiary/aromatic N) is 2. The molecule has 2 heterocycles. The molecule has 1 aromatic heterocycles. The van der Waals surface area contributed by atoms with Crippen LogP contribution in [0.15, 0.2) is 28.9 Å². The maximum atomic E-state index is 4.39. The van der Waals surface area contributed by atoms with Gasteiger partial charge in [0, 0.05) is 23.8 Å². The van der Waals surface area contributed by atoms with Crippen LogP contribution in [0.4, 0.5) is 0 Å². The van der Waals surface area contributed by atoms with E-state index in [0.717, 1.165) is 29.7 Å². The van der Waals surface area contributed by atoms with Crippen LogP contribution in [0.2, 0.25) is 0 Å². The molecule has 3 heteroatoms. The minimum absolute atomic E-state index is 1.03. The third-order valence-corrected chi connectivity index (χ3v) is 2.94. The van der Waals surface area contributed by atoms with E-state index in [-0.39, 0.29) is 0 Å². The van der Waals surface area contributed by atoms with E-state index >= 15 is 0 Å². The first-order chi connectivity index (χ1) is 6.75. The standard InChI is InChI=1S/C11H13BrN2/c1-14-6-4-9(5-7-14)11-3-2-10(12)8-13-11/h2-4,8H,5-7H2,1H3. The second kappa shape index (κ2) is 4.24. The van der Waals surface area contributed by atoms with Crippen LogP contribution in [-0.4, -0.2) is 30.0 Å². The Morgan fingerprint density at radius 2 is 2.29 bits per heavy atom. The SMILES string of the molecule is CN1CC=C(c2ccc(Br)cn2)CC1. The predicted octanol–water partition coefficient (Wildman–Crippen LogP) is 2.56. The van der Waals surface area contributed by atoms with Crippen molar-refractivity contribution in [3.63, 3.8) is 0 Å². The molecule has 0 N–H and O–H groups in total. The normalized spacial score (nSPS) is 18.0. The van der Waals surface area contributed by atoms with Gasteiger partial charge in [0.25, 0.3) is 0 Å². The van der Waals surface area contributed by atoms with Crippen LogP contribution >= 0.6 is 15.9 Å². The van der Waals surface area contributed by atoms with Crippen molar-refractivity contribution in [2.45, 2.75) is 6.42 Å². The molecular weight excluding hydrogens is 240 g/mol. The Hall–Kier alpha value is -0.670. The maximum Gasteiger partial charge on any atom is 0.0660 e. The van der Waals surface area contributed by atoms with E-state index in [1.54, 1.807) is 0 Å². The summed E-state index contributed by atoms with van der Waals surface area (Å²) >= 11 is 3.39. The van der Waals surface area contributed by atoms with Crippen LogP contribution < -0.4 is 0 Å². The van der Waals surface area contributed by atoms with E-state index in [2.05, 4.69) is 45.0 Å². The van der Waals surface area contributed by atoms with Gasteiger partial charge >= 0.3 is 0 Å². The summed E-state index contributed by atoms with van der Waals surface area (Å²) in [5, 5.41) is 0. The highest BCUT2D eigenvalue weighted by molar-refractivity contribution is 9.10. The van der Waals surface area contributed by atoms with Crippen molar-refractivity contribution in [2.75, 3.05) is 20.1 Å². The predicted molar refractivity (Wildman–Crippen MR) is 62.0 cm³/mol. The molecule has 2 nitrogen and oxygen atoms in total. The summed E-state index contributed by atoms with van der Waals surface area (Å²) < 4.78 is 1.04. The Balaban J connectivity index is 2.19.